The van der Waals surface area contributed by atoms with E-state index in [-0.39, 0.29) is 30.3 Å². The Bertz CT molecular complexity index is 547. The number of hydrogen-bond donors (Lipinski definition) is 2. The van der Waals surface area contributed by atoms with Gasteiger partial charge in [0.2, 0.25) is 5.91 Å². The number of ether oxygens (including phenoxy) is 1. The summed E-state index contributed by atoms with van der Waals surface area (Å²) < 4.78 is 4.73. The Morgan fingerprint density at radius 3 is 2.65 bits per heavy atom. The molecule has 26 heavy (non-hydrogen) atoms. The molecule has 3 unspecified atom stereocenters. The number of hydrogen-bond acceptors (Lipinski definition) is 4. The Morgan fingerprint density at radius 1 is 1.31 bits per heavy atom. The fourth-order valence-corrected chi connectivity index (χ4v) is 3.45. The van der Waals surface area contributed by atoms with Crippen molar-refractivity contribution in [3.8, 4) is 0 Å². The van der Waals surface area contributed by atoms with Gasteiger partial charge < -0.3 is 15.4 Å². The van der Waals surface area contributed by atoms with Gasteiger partial charge in [0.15, 0.2) is 0 Å². The van der Waals surface area contributed by atoms with Crippen LogP contribution in [0.2, 0.25) is 0 Å². The number of esters is 1. The van der Waals surface area contributed by atoms with E-state index in [0.29, 0.717) is 31.1 Å². The average Bonchev–Trinajstić information content (AvgIpc) is 2.66. The minimum atomic E-state index is -0.253. The molecule has 0 radical (unpaired) electrons. The zero-order valence-corrected chi connectivity index (χ0v) is 16.5. The molecule has 1 aliphatic heterocycles. The highest BCUT2D eigenvalue weighted by atomic mass is 35.5. The highest BCUT2D eigenvalue weighted by Gasteiger charge is 2.23. The van der Waals surface area contributed by atoms with Crippen LogP contribution in [-0.2, 0) is 14.3 Å². The summed E-state index contributed by atoms with van der Waals surface area (Å²) in [4.78, 5) is 24.0. The predicted octanol–water partition coefficient (Wildman–Crippen LogP) is 3.24. The van der Waals surface area contributed by atoms with Crippen molar-refractivity contribution >= 4 is 24.3 Å². The van der Waals surface area contributed by atoms with Crippen LogP contribution in [0.5, 0.6) is 0 Å². The summed E-state index contributed by atoms with van der Waals surface area (Å²) in [6.07, 6.45) is 3.72. The van der Waals surface area contributed by atoms with Crippen molar-refractivity contribution in [2.75, 3.05) is 20.2 Å². The van der Waals surface area contributed by atoms with Crippen LogP contribution >= 0.6 is 12.4 Å². The maximum absolute atomic E-state index is 12.5. The van der Waals surface area contributed by atoms with Gasteiger partial charge >= 0.3 is 5.97 Å². The fraction of sp³-hybridized carbons (Fsp3) is 0.600. The number of rotatable bonds is 8. The lowest BCUT2D eigenvalue weighted by Crippen LogP contribution is -2.36. The molecule has 0 saturated carbocycles. The van der Waals surface area contributed by atoms with Crippen LogP contribution in [0.4, 0.5) is 0 Å². The SMILES string of the molecule is COC(=O)CCC(NC(=O)CC(C)C1CCCNC1)c1ccccc1.Cl. The van der Waals surface area contributed by atoms with Gasteiger partial charge in [-0.1, -0.05) is 37.3 Å². The normalized spacial score (nSPS) is 18.9. The Hall–Kier alpha value is -1.59. The van der Waals surface area contributed by atoms with Gasteiger partial charge in [-0.15, -0.1) is 12.4 Å². The van der Waals surface area contributed by atoms with E-state index < -0.39 is 0 Å². The highest BCUT2D eigenvalue weighted by Crippen LogP contribution is 2.24. The minimum Gasteiger partial charge on any atom is -0.469 e. The molecule has 1 fully saturated rings. The second-order valence-corrected chi connectivity index (χ2v) is 6.93. The van der Waals surface area contributed by atoms with E-state index >= 15 is 0 Å². The van der Waals surface area contributed by atoms with E-state index in [1.165, 1.54) is 20.0 Å². The predicted molar refractivity (Wildman–Crippen MR) is 105 cm³/mol. The summed E-state index contributed by atoms with van der Waals surface area (Å²) in [6, 6.07) is 9.64. The van der Waals surface area contributed by atoms with E-state index in [4.69, 9.17) is 4.74 Å². The monoisotopic (exact) mass is 382 g/mol. The Balaban J connectivity index is 0.00000338. The van der Waals surface area contributed by atoms with Crippen molar-refractivity contribution < 1.29 is 14.3 Å². The molecule has 3 atom stereocenters. The standard InChI is InChI=1S/C20H30N2O3.ClH/c1-15(17-9-6-12-21-14-17)13-19(23)22-18(10-11-20(24)25-2)16-7-4-3-5-8-16;/h3-5,7-8,15,17-18,21H,6,9-14H2,1-2H3,(H,22,23);1H. The van der Waals surface area contributed by atoms with Gasteiger partial charge in [-0.3, -0.25) is 9.59 Å². The van der Waals surface area contributed by atoms with Crippen molar-refractivity contribution in [1.29, 1.82) is 0 Å². The number of carbonyl (C=O) groups excluding carboxylic acids is 2. The minimum absolute atomic E-state index is 0. The van der Waals surface area contributed by atoms with Gasteiger partial charge in [-0.25, -0.2) is 0 Å². The summed E-state index contributed by atoms with van der Waals surface area (Å²) in [5.41, 5.74) is 1.02. The first-order chi connectivity index (χ1) is 12.1. The second-order valence-electron chi connectivity index (χ2n) is 6.93. The molecule has 1 amide bonds. The third-order valence-corrected chi connectivity index (χ3v) is 5.05. The Kier molecular flexibility index (Phi) is 10.3. The molecule has 146 valence electrons. The molecular formula is C20H31ClN2O3. The largest absolute Gasteiger partial charge is 0.469 e. The number of piperidine rings is 1. The van der Waals surface area contributed by atoms with Crippen molar-refractivity contribution in [3.05, 3.63) is 35.9 Å². The molecule has 0 aromatic heterocycles. The Labute approximate surface area is 162 Å². The van der Waals surface area contributed by atoms with Gasteiger partial charge in [-0.05, 0) is 49.8 Å². The number of nitrogens with one attached hydrogen (secondary N) is 2. The molecule has 1 heterocycles. The lowest BCUT2D eigenvalue weighted by Gasteiger charge is -2.28. The van der Waals surface area contributed by atoms with Crippen molar-refractivity contribution in [2.45, 2.75) is 45.1 Å². The van der Waals surface area contributed by atoms with Crippen LogP contribution in [0.15, 0.2) is 30.3 Å². The quantitative estimate of drug-likeness (QED) is 0.677. The van der Waals surface area contributed by atoms with Crippen LogP contribution in [0.25, 0.3) is 0 Å². The zero-order valence-electron chi connectivity index (χ0n) is 15.7. The summed E-state index contributed by atoms with van der Waals surface area (Å²) in [5, 5.41) is 6.53. The third kappa shape index (κ3) is 7.34. The maximum atomic E-state index is 12.5. The molecular weight excluding hydrogens is 352 g/mol. The van der Waals surface area contributed by atoms with E-state index in [1.807, 2.05) is 30.3 Å². The van der Waals surface area contributed by atoms with E-state index in [9.17, 15) is 9.59 Å². The van der Waals surface area contributed by atoms with Gasteiger partial charge in [0.25, 0.3) is 0 Å². The highest BCUT2D eigenvalue weighted by molar-refractivity contribution is 5.85. The van der Waals surface area contributed by atoms with Crippen LogP contribution in [0.3, 0.4) is 0 Å². The van der Waals surface area contributed by atoms with Gasteiger partial charge in [0.1, 0.15) is 0 Å². The van der Waals surface area contributed by atoms with Crippen LogP contribution in [-0.4, -0.2) is 32.1 Å². The summed E-state index contributed by atoms with van der Waals surface area (Å²) in [7, 11) is 1.39. The van der Waals surface area contributed by atoms with Crippen LogP contribution in [0.1, 0.15) is 50.6 Å². The van der Waals surface area contributed by atoms with E-state index in [2.05, 4.69) is 17.6 Å². The molecule has 1 aromatic carbocycles. The van der Waals surface area contributed by atoms with Gasteiger partial charge in [0, 0.05) is 12.8 Å². The number of benzene rings is 1. The number of carbonyl (C=O) groups is 2. The molecule has 0 aliphatic carbocycles. The number of halogens is 1. The average molecular weight is 383 g/mol. The first kappa shape index (κ1) is 22.5. The van der Waals surface area contributed by atoms with Gasteiger partial charge in [0.05, 0.1) is 13.2 Å². The molecule has 1 aliphatic rings. The van der Waals surface area contributed by atoms with Crippen molar-refractivity contribution in [2.24, 2.45) is 11.8 Å². The number of methoxy groups -OCH3 is 1. The van der Waals surface area contributed by atoms with Crippen molar-refractivity contribution in [3.63, 3.8) is 0 Å². The summed E-state index contributed by atoms with van der Waals surface area (Å²) >= 11 is 0. The van der Waals surface area contributed by atoms with Crippen LogP contribution in [0, 0.1) is 11.8 Å². The molecule has 2 rings (SSSR count). The first-order valence-electron chi connectivity index (χ1n) is 9.22. The summed E-state index contributed by atoms with van der Waals surface area (Å²) in [6.45, 7) is 4.24. The first-order valence-corrected chi connectivity index (χ1v) is 9.22. The van der Waals surface area contributed by atoms with E-state index in [0.717, 1.165) is 18.7 Å². The second kappa shape index (κ2) is 11.9. The van der Waals surface area contributed by atoms with Crippen LogP contribution < -0.4 is 10.6 Å². The third-order valence-electron chi connectivity index (χ3n) is 5.05. The number of amides is 1. The topological polar surface area (TPSA) is 67.4 Å². The molecule has 6 heteroatoms. The molecule has 1 aromatic rings. The molecule has 0 bridgehead atoms. The zero-order chi connectivity index (χ0) is 18.1. The smallest absolute Gasteiger partial charge is 0.305 e. The lowest BCUT2D eigenvalue weighted by molar-refractivity contribution is -0.141. The molecule has 2 N–H and O–H groups in total. The Morgan fingerprint density at radius 2 is 2.04 bits per heavy atom. The molecule has 1 saturated heterocycles. The summed E-state index contributed by atoms with van der Waals surface area (Å²) in [5.74, 6) is 0.711. The molecule has 0 spiro atoms. The fourth-order valence-electron chi connectivity index (χ4n) is 3.45. The van der Waals surface area contributed by atoms with Crippen molar-refractivity contribution in [1.82, 2.24) is 10.6 Å². The lowest BCUT2D eigenvalue weighted by atomic mass is 9.85. The molecule has 5 nitrogen and oxygen atoms in total. The van der Waals surface area contributed by atoms with Gasteiger partial charge in [-0.2, -0.15) is 0 Å². The maximum Gasteiger partial charge on any atom is 0.305 e. The van der Waals surface area contributed by atoms with E-state index in [1.54, 1.807) is 0 Å².